The Balaban J connectivity index is 0.00000338. The lowest BCUT2D eigenvalue weighted by Gasteiger charge is -2.18. The van der Waals surface area contributed by atoms with Gasteiger partial charge in [-0.15, -0.1) is 24.8 Å². The number of nitrogens with zero attached hydrogens (tertiary/aromatic N) is 1. The number of nitrogens with one attached hydrogen (secondary N) is 1. The van der Waals surface area contributed by atoms with Gasteiger partial charge in [-0.3, -0.25) is 0 Å². The highest BCUT2D eigenvalue weighted by atomic mass is 35.5. The smallest absolute Gasteiger partial charge is 0.124 e. The van der Waals surface area contributed by atoms with Crippen molar-refractivity contribution in [3.8, 4) is 5.75 Å². The molecule has 3 nitrogen and oxygen atoms in total. The van der Waals surface area contributed by atoms with Crippen LogP contribution in [0.3, 0.4) is 0 Å². The molecule has 2 aromatic carbocycles. The van der Waals surface area contributed by atoms with E-state index in [0.29, 0.717) is 18.2 Å². The molecule has 0 amide bonds. The van der Waals surface area contributed by atoms with Gasteiger partial charge in [-0.1, -0.05) is 37.6 Å². The van der Waals surface area contributed by atoms with Crippen LogP contribution in [0.25, 0.3) is 0 Å². The SMILES string of the molecule is CCN(CC)CCNCc1cc(Cl)ccc1OCc1ccc(F)cc1.Cl.Cl. The summed E-state index contributed by atoms with van der Waals surface area (Å²) in [5.74, 6) is 0.553. The van der Waals surface area contributed by atoms with Crippen molar-refractivity contribution in [3.63, 3.8) is 0 Å². The predicted octanol–water partition coefficient (Wildman–Crippen LogP) is 5.33. The van der Waals surface area contributed by atoms with E-state index in [2.05, 4.69) is 24.1 Å². The van der Waals surface area contributed by atoms with Crippen LogP contribution in [-0.4, -0.2) is 31.1 Å². The fraction of sp³-hybridized carbons (Fsp3) is 0.400. The van der Waals surface area contributed by atoms with Gasteiger partial charge in [0, 0.05) is 30.2 Å². The molecular weight excluding hydrogens is 410 g/mol. The Bertz CT molecular complexity index is 652. The van der Waals surface area contributed by atoms with Crippen LogP contribution in [0.2, 0.25) is 5.02 Å². The summed E-state index contributed by atoms with van der Waals surface area (Å²) in [6.07, 6.45) is 0. The Labute approximate surface area is 179 Å². The molecule has 0 spiro atoms. The molecule has 7 heteroatoms. The van der Waals surface area contributed by atoms with Crippen molar-refractivity contribution in [2.45, 2.75) is 27.0 Å². The third-order valence-corrected chi connectivity index (χ3v) is 4.38. The van der Waals surface area contributed by atoms with Gasteiger partial charge in [0.25, 0.3) is 0 Å². The molecule has 0 fully saturated rings. The van der Waals surface area contributed by atoms with Crippen LogP contribution in [0.5, 0.6) is 5.75 Å². The van der Waals surface area contributed by atoms with Gasteiger partial charge in [0.1, 0.15) is 18.2 Å². The summed E-state index contributed by atoms with van der Waals surface area (Å²) < 4.78 is 18.9. The van der Waals surface area contributed by atoms with E-state index >= 15 is 0 Å². The summed E-state index contributed by atoms with van der Waals surface area (Å²) in [6, 6.07) is 12.0. The second-order valence-corrected chi connectivity index (χ2v) is 6.31. The largest absolute Gasteiger partial charge is 0.489 e. The molecule has 0 saturated carbocycles. The van der Waals surface area contributed by atoms with Crippen molar-refractivity contribution in [2.24, 2.45) is 0 Å². The molecule has 0 radical (unpaired) electrons. The zero-order valence-corrected chi connectivity index (χ0v) is 18.1. The Hall–Kier alpha value is -1.04. The first-order valence-electron chi connectivity index (χ1n) is 8.71. The highest BCUT2D eigenvalue weighted by molar-refractivity contribution is 6.30. The zero-order valence-electron chi connectivity index (χ0n) is 15.7. The maximum absolute atomic E-state index is 13.0. The third-order valence-electron chi connectivity index (χ3n) is 4.14. The molecule has 0 unspecified atom stereocenters. The second-order valence-electron chi connectivity index (χ2n) is 5.87. The van der Waals surface area contributed by atoms with E-state index < -0.39 is 0 Å². The minimum Gasteiger partial charge on any atom is -0.489 e. The number of halogens is 4. The molecule has 0 saturated heterocycles. The van der Waals surface area contributed by atoms with Crippen molar-refractivity contribution >= 4 is 36.4 Å². The summed E-state index contributed by atoms with van der Waals surface area (Å²) >= 11 is 6.13. The minimum atomic E-state index is -0.242. The van der Waals surface area contributed by atoms with Crippen molar-refractivity contribution in [1.82, 2.24) is 10.2 Å². The molecule has 0 aromatic heterocycles. The lowest BCUT2D eigenvalue weighted by atomic mass is 10.2. The molecule has 0 aliphatic heterocycles. The number of benzene rings is 2. The predicted molar refractivity (Wildman–Crippen MR) is 116 cm³/mol. The molecule has 0 atom stereocenters. The van der Waals surface area contributed by atoms with Crippen LogP contribution in [0, 0.1) is 5.82 Å². The summed E-state index contributed by atoms with van der Waals surface area (Å²) in [5.41, 5.74) is 1.95. The maximum atomic E-state index is 13.0. The zero-order chi connectivity index (χ0) is 18.1. The minimum absolute atomic E-state index is 0. The van der Waals surface area contributed by atoms with E-state index in [1.165, 1.54) is 12.1 Å². The topological polar surface area (TPSA) is 24.5 Å². The highest BCUT2D eigenvalue weighted by Crippen LogP contribution is 2.24. The maximum Gasteiger partial charge on any atom is 0.124 e. The Morgan fingerprint density at radius 3 is 2.33 bits per heavy atom. The lowest BCUT2D eigenvalue weighted by molar-refractivity contribution is 0.295. The first-order valence-corrected chi connectivity index (χ1v) is 9.09. The van der Waals surface area contributed by atoms with Gasteiger partial charge in [0.15, 0.2) is 0 Å². The van der Waals surface area contributed by atoms with Crippen LogP contribution < -0.4 is 10.1 Å². The first-order chi connectivity index (χ1) is 12.1. The van der Waals surface area contributed by atoms with Crippen LogP contribution in [0.15, 0.2) is 42.5 Å². The monoisotopic (exact) mass is 436 g/mol. The van der Waals surface area contributed by atoms with Crippen LogP contribution in [-0.2, 0) is 13.2 Å². The summed E-state index contributed by atoms with van der Waals surface area (Å²) in [5, 5.41) is 4.13. The summed E-state index contributed by atoms with van der Waals surface area (Å²) in [4.78, 5) is 2.37. The molecule has 27 heavy (non-hydrogen) atoms. The van der Waals surface area contributed by atoms with E-state index in [0.717, 1.165) is 43.1 Å². The van der Waals surface area contributed by atoms with E-state index in [9.17, 15) is 4.39 Å². The highest BCUT2D eigenvalue weighted by Gasteiger charge is 2.06. The number of likely N-dealkylation sites (N-methyl/N-ethyl adjacent to an activating group) is 1. The second kappa shape index (κ2) is 14.0. The molecule has 0 bridgehead atoms. The van der Waals surface area contributed by atoms with E-state index in [4.69, 9.17) is 16.3 Å². The van der Waals surface area contributed by atoms with Gasteiger partial charge < -0.3 is 15.0 Å². The van der Waals surface area contributed by atoms with Gasteiger partial charge in [0.2, 0.25) is 0 Å². The van der Waals surface area contributed by atoms with Crippen LogP contribution in [0.4, 0.5) is 4.39 Å². The standard InChI is InChI=1S/C20H26ClFN2O.2ClH/c1-3-24(4-2)12-11-23-14-17-13-18(21)7-10-20(17)25-15-16-5-8-19(22)9-6-16;;/h5-10,13,23H,3-4,11-12,14-15H2,1-2H3;2*1H. The van der Waals surface area contributed by atoms with Gasteiger partial charge in [-0.2, -0.15) is 0 Å². The number of hydrogen-bond donors (Lipinski definition) is 1. The van der Waals surface area contributed by atoms with Crippen molar-refractivity contribution in [3.05, 3.63) is 64.4 Å². The molecular formula is C20H28Cl3FN2O. The van der Waals surface area contributed by atoms with Gasteiger partial charge >= 0.3 is 0 Å². The molecule has 2 rings (SSSR count). The summed E-state index contributed by atoms with van der Waals surface area (Å²) in [7, 11) is 0. The van der Waals surface area contributed by atoms with Gasteiger partial charge in [0.05, 0.1) is 0 Å². The van der Waals surface area contributed by atoms with Crippen molar-refractivity contribution in [1.29, 1.82) is 0 Å². The fourth-order valence-electron chi connectivity index (χ4n) is 2.57. The molecule has 1 N–H and O–H groups in total. The van der Waals surface area contributed by atoms with Crippen LogP contribution in [0.1, 0.15) is 25.0 Å². The normalized spacial score (nSPS) is 10.3. The third kappa shape index (κ3) is 9.13. The van der Waals surface area contributed by atoms with E-state index in [1.807, 2.05) is 18.2 Å². The molecule has 0 heterocycles. The average Bonchev–Trinajstić information content (AvgIpc) is 2.62. The lowest BCUT2D eigenvalue weighted by Crippen LogP contribution is -2.31. The molecule has 2 aromatic rings. The van der Waals surface area contributed by atoms with Gasteiger partial charge in [-0.05, 0) is 49.0 Å². The Morgan fingerprint density at radius 2 is 1.70 bits per heavy atom. The number of rotatable bonds is 10. The Morgan fingerprint density at radius 1 is 1.04 bits per heavy atom. The molecule has 152 valence electrons. The van der Waals surface area contributed by atoms with E-state index in [-0.39, 0.29) is 30.6 Å². The summed E-state index contributed by atoms with van der Waals surface area (Å²) in [6.45, 7) is 9.46. The number of hydrogen-bond acceptors (Lipinski definition) is 3. The molecule has 0 aliphatic carbocycles. The number of ether oxygens (including phenoxy) is 1. The van der Waals surface area contributed by atoms with Crippen molar-refractivity contribution in [2.75, 3.05) is 26.2 Å². The first kappa shape index (κ1) is 26.0. The van der Waals surface area contributed by atoms with Crippen molar-refractivity contribution < 1.29 is 9.13 Å². The van der Waals surface area contributed by atoms with Crippen LogP contribution >= 0.6 is 36.4 Å². The quantitative estimate of drug-likeness (QED) is 0.508. The van der Waals surface area contributed by atoms with Gasteiger partial charge in [-0.25, -0.2) is 4.39 Å². The van der Waals surface area contributed by atoms with E-state index in [1.54, 1.807) is 12.1 Å². The molecule has 0 aliphatic rings. The average molecular weight is 438 g/mol. The Kier molecular flexibility index (Phi) is 13.5. The fourth-order valence-corrected chi connectivity index (χ4v) is 2.76.